The predicted molar refractivity (Wildman–Crippen MR) is 93.4 cm³/mol. The summed E-state index contributed by atoms with van der Waals surface area (Å²) in [7, 11) is 0. The molecule has 0 heterocycles. The van der Waals surface area contributed by atoms with Gasteiger partial charge in [0.1, 0.15) is 0 Å². The van der Waals surface area contributed by atoms with Crippen LogP contribution >= 0.6 is 23.6 Å². The van der Waals surface area contributed by atoms with Crippen molar-refractivity contribution in [3.8, 4) is 0 Å². The zero-order chi connectivity index (χ0) is 15.1. The minimum absolute atomic E-state index is 0.201. The molecule has 0 spiro atoms. The molecule has 1 aromatic rings. The quantitative estimate of drug-likeness (QED) is 0.524. The summed E-state index contributed by atoms with van der Waals surface area (Å²) < 4.78 is 8.86. The molecule has 2 rings (SSSR count). The summed E-state index contributed by atoms with van der Waals surface area (Å²) >= 11 is 6.95. The Morgan fingerprint density at radius 1 is 1.24 bits per heavy atom. The highest BCUT2D eigenvalue weighted by molar-refractivity contribution is 7.93. The Morgan fingerprint density at radius 2 is 1.90 bits per heavy atom. The van der Waals surface area contributed by atoms with E-state index in [4.69, 9.17) is 16.2 Å². The third-order valence-electron chi connectivity index (χ3n) is 4.83. The topological polar surface area (TPSA) is 32.3 Å². The molecule has 0 aliphatic heterocycles. The van der Waals surface area contributed by atoms with E-state index in [9.17, 15) is 0 Å². The Hall–Kier alpha value is -0.220. The number of hydrogen-bond acceptors (Lipinski definition) is 3. The molecule has 1 saturated carbocycles. The van der Waals surface area contributed by atoms with Crippen molar-refractivity contribution in [3.63, 3.8) is 0 Å². The molecule has 118 valence electrons. The molecule has 1 atom stereocenters. The van der Waals surface area contributed by atoms with Gasteiger partial charge in [0.25, 0.3) is 0 Å². The van der Waals surface area contributed by atoms with Gasteiger partial charge in [0.05, 0.1) is 0 Å². The maximum Gasteiger partial charge on any atom is 0.0406 e. The van der Waals surface area contributed by atoms with Gasteiger partial charge in [0, 0.05) is 16.3 Å². The van der Waals surface area contributed by atoms with Crippen LogP contribution in [0.5, 0.6) is 0 Å². The molecule has 4 heteroatoms. The average molecular weight is 328 g/mol. The third kappa shape index (κ3) is 4.62. The van der Waals surface area contributed by atoms with Crippen molar-refractivity contribution in [2.24, 2.45) is 0 Å². The van der Waals surface area contributed by atoms with Crippen LogP contribution in [0, 0.1) is 0 Å². The smallest absolute Gasteiger partial charge is 0.0406 e. The number of hydrogen-bond donors (Lipinski definition) is 2. The summed E-state index contributed by atoms with van der Waals surface area (Å²) in [6.45, 7) is 3.31. The van der Waals surface area contributed by atoms with Gasteiger partial charge in [0.2, 0.25) is 0 Å². The van der Waals surface area contributed by atoms with E-state index in [1.807, 2.05) is 12.1 Å². The Morgan fingerprint density at radius 3 is 2.52 bits per heavy atom. The first-order valence-corrected chi connectivity index (χ1v) is 9.27. The summed E-state index contributed by atoms with van der Waals surface area (Å²) in [5, 5.41) is 4.63. The van der Waals surface area contributed by atoms with E-state index in [2.05, 4.69) is 24.4 Å². The Balaban J connectivity index is 2.08. The van der Waals surface area contributed by atoms with Crippen LogP contribution in [0.25, 0.3) is 0 Å². The first-order chi connectivity index (χ1) is 10.2. The van der Waals surface area contributed by atoms with Gasteiger partial charge in [-0.15, -0.1) is 0 Å². The van der Waals surface area contributed by atoms with E-state index >= 15 is 0 Å². The summed E-state index contributed by atoms with van der Waals surface area (Å²) in [5.74, 6) is 1.29. The minimum atomic E-state index is 0.201. The predicted octanol–water partition coefficient (Wildman–Crippen LogP) is 5.33. The van der Waals surface area contributed by atoms with Crippen LogP contribution < -0.4 is 5.32 Å². The van der Waals surface area contributed by atoms with Crippen molar-refractivity contribution < 1.29 is 4.55 Å². The molecule has 1 aliphatic carbocycles. The fourth-order valence-corrected chi connectivity index (χ4v) is 3.89. The van der Waals surface area contributed by atoms with E-state index < -0.39 is 0 Å². The highest BCUT2D eigenvalue weighted by Gasteiger charge is 2.37. The molecule has 1 unspecified atom stereocenters. The van der Waals surface area contributed by atoms with Gasteiger partial charge in [-0.2, -0.15) is 0 Å². The SMILES string of the molecule is CC(c1ccc(Cl)cc1)C1(NCCCSO)CCCCC1. The average Bonchev–Trinajstić information content (AvgIpc) is 2.53. The number of rotatable bonds is 7. The molecule has 21 heavy (non-hydrogen) atoms. The second-order valence-corrected chi connectivity index (χ2v) is 7.21. The molecule has 1 aromatic carbocycles. The molecule has 0 aromatic heterocycles. The normalized spacial score (nSPS) is 19.4. The van der Waals surface area contributed by atoms with Gasteiger partial charge in [-0.3, -0.25) is 0 Å². The van der Waals surface area contributed by atoms with Crippen molar-refractivity contribution in [2.45, 2.75) is 56.9 Å². The van der Waals surface area contributed by atoms with E-state index in [0.717, 1.165) is 35.8 Å². The lowest BCUT2D eigenvalue weighted by molar-refractivity contribution is 0.196. The van der Waals surface area contributed by atoms with Gasteiger partial charge in [-0.25, -0.2) is 0 Å². The first-order valence-electron chi connectivity index (χ1n) is 7.95. The molecular weight excluding hydrogens is 302 g/mol. The lowest BCUT2D eigenvalue weighted by atomic mass is 9.71. The van der Waals surface area contributed by atoms with Gasteiger partial charge < -0.3 is 9.87 Å². The van der Waals surface area contributed by atoms with Gasteiger partial charge in [-0.05, 0) is 61.5 Å². The summed E-state index contributed by atoms with van der Waals surface area (Å²) in [4.78, 5) is 0. The number of halogens is 1. The summed E-state index contributed by atoms with van der Waals surface area (Å²) in [6.07, 6.45) is 7.45. The fourth-order valence-electron chi connectivity index (χ4n) is 3.49. The van der Waals surface area contributed by atoms with E-state index in [-0.39, 0.29) is 5.54 Å². The van der Waals surface area contributed by atoms with Gasteiger partial charge in [-0.1, -0.05) is 49.9 Å². The lowest BCUT2D eigenvalue weighted by Crippen LogP contribution is -2.51. The summed E-state index contributed by atoms with van der Waals surface area (Å²) in [5.41, 5.74) is 1.57. The molecule has 1 fully saturated rings. The van der Waals surface area contributed by atoms with Crippen LogP contribution in [0.2, 0.25) is 5.02 Å². The lowest BCUT2D eigenvalue weighted by Gasteiger charge is -2.43. The van der Waals surface area contributed by atoms with Crippen molar-refractivity contribution in [2.75, 3.05) is 12.3 Å². The second kappa shape index (κ2) is 8.42. The molecular formula is C17H26ClNOS. The highest BCUT2D eigenvalue weighted by atomic mass is 35.5. The number of benzene rings is 1. The first kappa shape index (κ1) is 17.1. The fraction of sp³-hybridized carbons (Fsp3) is 0.647. The Bertz CT molecular complexity index is 417. The van der Waals surface area contributed by atoms with Crippen molar-refractivity contribution in [1.82, 2.24) is 5.32 Å². The number of nitrogens with one attached hydrogen (secondary N) is 1. The van der Waals surface area contributed by atoms with E-state index in [1.54, 1.807) is 0 Å². The van der Waals surface area contributed by atoms with Crippen molar-refractivity contribution in [1.29, 1.82) is 0 Å². The van der Waals surface area contributed by atoms with E-state index in [1.165, 1.54) is 37.7 Å². The van der Waals surface area contributed by atoms with Crippen LogP contribution in [-0.4, -0.2) is 22.4 Å². The van der Waals surface area contributed by atoms with Crippen LogP contribution in [0.3, 0.4) is 0 Å². The third-order valence-corrected chi connectivity index (χ3v) is 5.56. The molecule has 1 aliphatic rings. The zero-order valence-electron chi connectivity index (χ0n) is 12.8. The standard InChI is InChI=1S/C17H26ClNOS/c1-14(15-6-8-16(18)9-7-15)17(10-3-2-4-11-17)19-12-5-13-21-20/h6-9,14,19-20H,2-5,10-13H2,1H3. The molecule has 0 bridgehead atoms. The molecule has 0 saturated heterocycles. The van der Waals surface area contributed by atoms with Crippen LogP contribution in [-0.2, 0) is 0 Å². The Labute approximate surface area is 137 Å². The molecule has 2 N–H and O–H groups in total. The van der Waals surface area contributed by atoms with Crippen molar-refractivity contribution >= 4 is 23.6 Å². The Kier molecular flexibility index (Phi) is 6.87. The van der Waals surface area contributed by atoms with Crippen LogP contribution in [0.15, 0.2) is 24.3 Å². The summed E-state index contributed by atoms with van der Waals surface area (Å²) in [6, 6.07) is 8.31. The highest BCUT2D eigenvalue weighted by Crippen LogP contribution is 2.40. The van der Waals surface area contributed by atoms with Crippen LogP contribution in [0.1, 0.15) is 56.9 Å². The van der Waals surface area contributed by atoms with Gasteiger partial charge >= 0.3 is 0 Å². The molecule has 2 nitrogen and oxygen atoms in total. The largest absolute Gasteiger partial charge is 0.330 e. The van der Waals surface area contributed by atoms with E-state index in [0.29, 0.717) is 5.92 Å². The zero-order valence-corrected chi connectivity index (χ0v) is 14.3. The van der Waals surface area contributed by atoms with Crippen molar-refractivity contribution in [3.05, 3.63) is 34.9 Å². The molecule has 0 radical (unpaired) electrons. The van der Waals surface area contributed by atoms with Gasteiger partial charge in [0.15, 0.2) is 0 Å². The molecule has 0 amide bonds. The maximum atomic E-state index is 8.86. The monoisotopic (exact) mass is 327 g/mol. The maximum absolute atomic E-state index is 8.86. The van der Waals surface area contributed by atoms with Crippen LogP contribution in [0.4, 0.5) is 0 Å². The second-order valence-electron chi connectivity index (χ2n) is 6.10. The minimum Gasteiger partial charge on any atom is -0.330 e.